The lowest BCUT2D eigenvalue weighted by atomic mass is 10.1. The summed E-state index contributed by atoms with van der Waals surface area (Å²) >= 11 is 4.81. The zero-order valence-electron chi connectivity index (χ0n) is 7.05. The number of alkyl halides is 1. The summed E-state index contributed by atoms with van der Waals surface area (Å²) in [5, 5.41) is 12.1. The second-order valence-electron chi connectivity index (χ2n) is 2.80. The number of hydrogen-bond acceptors (Lipinski definition) is 2. The van der Waals surface area contributed by atoms with E-state index >= 15 is 0 Å². The van der Waals surface area contributed by atoms with Crippen LogP contribution in [0.4, 0.5) is 4.39 Å². The quantitative estimate of drug-likeness (QED) is 0.723. The van der Waals surface area contributed by atoms with Crippen molar-refractivity contribution in [1.29, 1.82) is 5.26 Å². The molecule has 0 saturated heterocycles. The fraction of sp³-hybridized carbons (Fsp3) is 0.100. The topological polar surface area (TPSA) is 23.8 Å². The largest absolute Gasteiger partial charge is 0.206 e. The van der Waals surface area contributed by atoms with E-state index in [1.165, 1.54) is 17.4 Å². The molecule has 0 aliphatic carbocycles. The summed E-state index contributed by atoms with van der Waals surface area (Å²) in [6, 6.07) is 5.17. The Labute approximate surface area is 92.9 Å². The number of hydrogen-bond donors (Lipinski definition) is 0. The third kappa shape index (κ3) is 1.33. The number of nitriles is 1. The van der Waals surface area contributed by atoms with E-state index < -0.39 is 5.82 Å². The van der Waals surface area contributed by atoms with Gasteiger partial charge in [-0.1, -0.05) is 15.9 Å². The molecule has 0 bridgehead atoms. The van der Waals surface area contributed by atoms with Crippen molar-refractivity contribution in [1.82, 2.24) is 0 Å². The first kappa shape index (κ1) is 9.63. The zero-order chi connectivity index (χ0) is 10.1. The summed E-state index contributed by atoms with van der Waals surface area (Å²) < 4.78 is 14.4. The third-order valence-corrected chi connectivity index (χ3v) is 3.59. The molecule has 0 saturated carbocycles. The second-order valence-corrected chi connectivity index (χ2v) is 4.27. The highest BCUT2D eigenvalue weighted by molar-refractivity contribution is 9.08. The minimum absolute atomic E-state index is 0.150. The summed E-state index contributed by atoms with van der Waals surface area (Å²) in [5.74, 6) is -0.437. The van der Waals surface area contributed by atoms with Crippen LogP contribution in [0.3, 0.4) is 0 Å². The molecule has 0 radical (unpaired) electrons. The SMILES string of the molecule is N#Cc1c(F)cc2ccsc2c1CBr. The molecule has 2 aromatic rings. The van der Waals surface area contributed by atoms with E-state index in [4.69, 9.17) is 5.26 Å². The van der Waals surface area contributed by atoms with Crippen molar-refractivity contribution >= 4 is 37.4 Å². The van der Waals surface area contributed by atoms with Crippen LogP contribution >= 0.6 is 27.3 Å². The molecule has 0 aliphatic heterocycles. The van der Waals surface area contributed by atoms with Crippen LogP contribution < -0.4 is 0 Å². The van der Waals surface area contributed by atoms with Crippen molar-refractivity contribution < 1.29 is 4.39 Å². The van der Waals surface area contributed by atoms with Gasteiger partial charge in [-0.3, -0.25) is 0 Å². The van der Waals surface area contributed by atoms with Crippen LogP contribution in [0.25, 0.3) is 10.1 Å². The maximum atomic E-state index is 13.4. The number of benzene rings is 1. The minimum atomic E-state index is -0.437. The molecule has 0 spiro atoms. The van der Waals surface area contributed by atoms with Gasteiger partial charge in [-0.25, -0.2) is 4.39 Å². The average molecular weight is 270 g/mol. The highest BCUT2D eigenvalue weighted by Gasteiger charge is 2.12. The molecule has 0 unspecified atom stereocenters. The van der Waals surface area contributed by atoms with E-state index in [0.717, 1.165) is 15.6 Å². The van der Waals surface area contributed by atoms with E-state index in [1.54, 1.807) is 0 Å². The molecule has 1 heterocycles. The van der Waals surface area contributed by atoms with Gasteiger partial charge in [0.1, 0.15) is 11.9 Å². The van der Waals surface area contributed by atoms with Crippen molar-refractivity contribution in [2.24, 2.45) is 0 Å². The Hall–Kier alpha value is -0.920. The fourth-order valence-electron chi connectivity index (χ4n) is 1.39. The van der Waals surface area contributed by atoms with Gasteiger partial charge in [0.2, 0.25) is 0 Å². The Balaban J connectivity index is 2.91. The smallest absolute Gasteiger partial charge is 0.141 e. The van der Waals surface area contributed by atoms with Crippen molar-refractivity contribution in [3.63, 3.8) is 0 Å². The summed E-state index contributed by atoms with van der Waals surface area (Å²) in [4.78, 5) is 0. The van der Waals surface area contributed by atoms with Crippen LogP contribution in [-0.2, 0) is 5.33 Å². The Morgan fingerprint density at radius 3 is 3.00 bits per heavy atom. The van der Waals surface area contributed by atoms with E-state index in [9.17, 15) is 4.39 Å². The van der Waals surface area contributed by atoms with Crippen molar-refractivity contribution in [2.45, 2.75) is 5.33 Å². The monoisotopic (exact) mass is 269 g/mol. The van der Waals surface area contributed by atoms with Gasteiger partial charge in [0.05, 0.1) is 5.56 Å². The molecule has 0 N–H and O–H groups in total. The number of rotatable bonds is 1. The molecule has 0 aliphatic rings. The molecular formula is C10H5BrFNS. The molecule has 0 amide bonds. The molecule has 2 rings (SSSR count). The third-order valence-electron chi connectivity index (χ3n) is 2.04. The van der Waals surface area contributed by atoms with Crippen LogP contribution in [0.1, 0.15) is 11.1 Å². The van der Waals surface area contributed by atoms with Gasteiger partial charge in [-0.15, -0.1) is 11.3 Å². The Kier molecular flexibility index (Phi) is 2.53. The molecule has 1 aromatic heterocycles. The zero-order valence-corrected chi connectivity index (χ0v) is 9.45. The molecule has 0 fully saturated rings. The lowest BCUT2D eigenvalue weighted by Crippen LogP contribution is -1.91. The molecule has 1 aromatic carbocycles. The molecule has 1 nitrogen and oxygen atoms in total. The maximum absolute atomic E-state index is 13.4. The normalized spacial score (nSPS) is 10.4. The summed E-state index contributed by atoms with van der Waals surface area (Å²) in [6.45, 7) is 0. The highest BCUT2D eigenvalue weighted by Crippen LogP contribution is 2.30. The van der Waals surface area contributed by atoms with Crippen molar-refractivity contribution in [2.75, 3.05) is 0 Å². The molecule has 0 atom stereocenters. The van der Waals surface area contributed by atoms with E-state index in [-0.39, 0.29) is 5.56 Å². The van der Waals surface area contributed by atoms with Gasteiger partial charge < -0.3 is 0 Å². The summed E-state index contributed by atoms with van der Waals surface area (Å²) in [7, 11) is 0. The predicted molar refractivity (Wildman–Crippen MR) is 59.1 cm³/mol. The minimum Gasteiger partial charge on any atom is -0.206 e. The number of fused-ring (bicyclic) bond motifs is 1. The highest BCUT2D eigenvalue weighted by atomic mass is 79.9. The van der Waals surface area contributed by atoms with Crippen molar-refractivity contribution in [3.8, 4) is 6.07 Å². The summed E-state index contributed by atoms with van der Waals surface area (Å²) in [6.07, 6.45) is 0. The lowest BCUT2D eigenvalue weighted by molar-refractivity contribution is 0.624. The first-order chi connectivity index (χ1) is 6.77. The molecule has 4 heteroatoms. The molecule has 14 heavy (non-hydrogen) atoms. The van der Waals surface area contributed by atoms with Crippen LogP contribution in [0.2, 0.25) is 0 Å². The van der Waals surface area contributed by atoms with E-state index in [2.05, 4.69) is 15.9 Å². The van der Waals surface area contributed by atoms with Gasteiger partial charge in [-0.2, -0.15) is 5.26 Å². The van der Waals surface area contributed by atoms with Gasteiger partial charge in [0.15, 0.2) is 0 Å². The van der Waals surface area contributed by atoms with Gasteiger partial charge in [0, 0.05) is 15.6 Å². The number of halogens is 2. The van der Waals surface area contributed by atoms with Gasteiger partial charge in [-0.05, 0) is 22.9 Å². The van der Waals surface area contributed by atoms with Crippen LogP contribution in [-0.4, -0.2) is 0 Å². The predicted octanol–water partition coefficient (Wildman–Crippen LogP) is 3.81. The fourth-order valence-corrected chi connectivity index (χ4v) is 3.07. The standard InChI is InChI=1S/C10H5BrFNS/c11-4-7-8(5-13)9(12)3-6-1-2-14-10(6)7/h1-3H,4H2. The Morgan fingerprint density at radius 2 is 2.36 bits per heavy atom. The Bertz CT molecular complexity index is 527. The van der Waals surface area contributed by atoms with Crippen LogP contribution in [0, 0.1) is 17.1 Å². The van der Waals surface area contributed by atoms with Crippen molar-refractivity contribution in [3.05, 3.63) is 34.5 Å². The maximum Gasteiger partial charge on any atom is 0.141 e. The number of thiophene rings is 1. The van der Waals surface area contributed by atoms with Crippen LogP contribution in [0.15, 0.2) is 17.5 Å². The van der Waals surface area contributed by atoms with E-state index in [0.29, 0.717) is 5.33 Å². The first-order valence-corrected chi connectivity index (χ1v) is 5.92. The van der Waals surface area contributed by atoms with E-state index in [1.807, 2.05) is 17.5 Å². The summed E-state index contributed by atoms with van der Waals surface area (Å²) in [5.41, 5.74) is 0.898. The first-order valence-electron chi connectivity index (χ1n) is 3.92. The number of nitrogens with zero attached hydrogens (tertiary/aromatic N) is 1. The lowest BCUT2D eigenvalue weighted by Gasteiger charge is -2.02. The molecule has 70 valence electrons. The van der Waals surface area contributed by atoms with Gasteiger partial charge in [0.25, 0.3) is 0 Å². The average Bonchev–Trinajstić information content (AvgIpc) is 2.62. The Morgan fingerprint density at radius 1 is 1.57 bits per heavy atom. The second kappa shape index (κ2) is 3.68. The molecular weight excluding hydrogens is 265 g/mol. The van der Waals surface area contributed by atoms with Gasteiger partial charge >= 0.3 is 0 Å². The van der Waals surface area contributed by atoms with Crippen LogP contribution in [0.5, 0.6) is 0 Å².